The first-order chi connectivity index (χ1) is 18.3. The molecule has 0 aliphatic heterocycles. The molecule has 38 heavy (non-hydrogen) atoms. The topological polar surface area (TPSA) is 47.9 Å². The van der Waals surface area contributed by atoms with Gasteiger partial charge < -0.3 is 23.2 Å². The highest BCUT2D eigenvalue weighted by Crippen LogP contribution is 2.33. The fourth-order valence-electron chi connectivity index (χ4n) is 4.57. The number of hydrogen-bond acceptors (Lipinski definition) is 4. The van der Waals surface area contributed by atoms with E-state index >= 15 is 0 Å². The Bertz CT molecular complexity index is 815. The molecule has 2 aromatic carbocycles. The minimum atomic E-state index is -1.79. The molecule has 0 spiro atoms. The van der Waals surface area contributed by atoms with Crippen LogP contribution in [0.4, 0.5) is 0 Å². The van der Waals surface area contributed by atoms with Crippen molar-refractivity contribution in [3.8, 4) is 0 Å². The summed E-state index contributed by atoms with van der Waals surface area (Å²) in [5.41, 5.74) is 2.66. The van der Waals surface area contributed by atoms with E-state index in [9.17, 15) is 4.89 Å². The van der Waals surface area contributed by atoms with Crippen molar-refractivity contribution in [1.29, 1.82) is 0 Å². The highest BCUT2D eigenvalue weighted by molar-refractivity contribution is 7.40. The van der Waals surface area contributed by atoms with Gasteiger partial charge in [0.05, 0.1) is 53.6 Å². The molecule has 0 aliphatic rings. The SMILES string of the molecule is CC(CCCCCCCC(CCCOP(O)OCCC[N+](C)(C)C)OCc1ccccc1)c1ccccc1. The maximum atomic E-state index is 10.0. The van der Waals surface area contributed by atoms with Gasteiger partial charge in [-0.1, -0.05) is 99.7 Å². The van der Waals surface area contributed by atoms with E-state index in [1.54, 1.807) is 0 Å². The molecule has 0 radical (unpaired) electrons. The number of hydrogen-bond donors (Lipinski definition) is 1. The summed E-state index contributed by atoms with van der Waals surface area (Å²) in [6.45, 7) is 5.03. The highest BCUT2D eigenvalue weighted by Gasteiger charge is 2.13. The molecular formula is C32H53NO4P+. The Hall–Kier alpha value is -1.33. The van der Waals surface area contributed by atoms with E-state index < -0.39 is 8.60 Å². The van der Waals surface area contributed by atoms with Crippen LogP contribution in [0.3, 0.4) is 0 Å². The van der Waals surface area contributed by atoms with Crippen LogP contribution in [-0.2, 0) is 20.4 Å². The lowest BCUT2D eigenvalue weighted by molar-refractivity contribution is -0.870. The Balaban J connectivity index is 1.60. The number of unbranched alkanes of at least 4 members (excludes halogenated alkanes) is 4. The van der Waals surface area contributed by atoms with Crippen LogP contribution < -0.4 is 0 Å². The van der Waals surface area contributed by atoms with Gasteiger partial charge in [-0.3, -0.25) is 0 Å². The third-order valence-electron chi connectivity index (χ3n) is 6.91. The standard InChI is InChI=1S/C32H53NO4P/c1-29(31-21-13-9-14-22-31)18-10-6-5-7-15-23-32(35-28-30-19-11-8-12-20-30)24-16-26-36-38(34)37-27-17-25-33(2,3)4/h8-9,11-14,19-22,29,32,34H,5-7,10,15-18,23-28H2,1-4H3/q+1. The molecule has 2 rings (SSSR count). The van der Waals surface area contributed by atoms with Crippen LogP contribution in [0.5, 0.6) is 0 Å². The molecule has 0 bridgehead atoms. The first kappa shape index (κ1) is 32.9. The Labute approximate surface area is 234 Å². The molecule has 0 saturated carbocycles. The van der Waals surface area contributed by atoms with E-state index in [1.165, 1.54) is 49.7 Å². The molecule has 214 valence electrons. The van der Waals surface area contributed by atoms with Crippen LogP contribution in [0.25, 0.3) is 0 Å². The van der Waals surface area contributed by atoms with Crippen LogP contribution in [0.2, 0.25) is 0 Å². The number of benzene rings is 2. The highest BCUT2D eigenvalue weighted by atomic mass is 31.2. The fraction of sp³-hybridized carbons (Fsp3) is 0.625. The van der Waals surface area contributed by atoms with Crippen molar-refractivity contribution in [3.63, 3.8) is 0 Å². The van der Waals surface area contributed by atoms with Gasteiger partial charge in [0, 0.05) is 6.42 Å². The molecule has 0 heterocycles. The Morgan fingerprint density at radius 3 is 1.92 bits per heavy atom. The molecule has 0 amide bonds. The molecule has 1 N–H and O–H groups in total. The summed E-state index contributed by atoms with van der Waals surface area (Å²) >= 11 is 0. The van der Waals surface area contributed by atoms with E-state index in [2.05, 4.69) is 82.7 Å². The van der Waals surface area contributed by atoms with Gasteiger partial charge in [0.25, 0.3) is 0 Å². The molecule has 3 atom stereocenters. The molecule has 0 aliphatic carbocycles. The van der Waals surface area contributed by atoms with Crippen molar-refractivity contribution in [2.75, 3.05) is 40.9 Å². The van der Waals surface area contributed by atoms with E-state index in [-0.39, 0.29) is 6.10 Å². The summed E-state index contributed by atoms with van der Waals surface area (Å²) in [4.78, 5) is 10.0. The van der Waals surface area contributed by atoms with Gasteiger partial charge in [-0.25, -0.2) is 0 Å². The quantitative estimate of drug-likeness (QED) is 0.0918. The number of rotatable bonds is 22. The van der Waals surface area contributed by atoms with Crippen LogP contribution in [0.15, 0.2) is 60.7 Å². The van der Waals surface area contributed by atoms with Gasteiger partial charge in [0.15, 0.2) is 0 Å². The maximum absolute atomic E-state index is 10.0. The first-order valence-corrected chi connectivity index (χ1v) is 15.7. The van der Waals surface area contributed by atoms with E-state index in [1.807, 2.05) is 6.07 Å². The van der Waals surface area contributed by atoms with Crippen LogP contribution in [0, 0.1) is 0 Å². The zero-order valence-corrected chi connectivity index (χ0v) is 25.3. The lowest BCUT2D eigenvalue weighted by atomic mass is 9.94. The summed E-state index contributed by atoms with van der Waals surface area (Å²) in [5.74, 6) is 0.641. The summed E-state index contributed by atoms with van der Waals surface area (Å²) in [7, 11) is 4.67. The fourth-order valence-corrected chi connectivity index (χ4v) is 5.22. The third kappa shape index (κ3) is 16.6. The predicted molar refractivity (Wildman–Crippen MR) is 160 cm³/mol. The molecular weight excluding hydrogens is 493 g/mol. The summed E-state index contributed by atoms with van der Waals surface area (Å²) in [6, 6.07) is 21.2. The second-order valence-corrected chi connectivity index (χ2v) is 12.5. The van der Waals surface area contributed by atoms with Crippen molar-refractivity contribution in [2.45, 2.75) is 89.8 Å². The minimum absolute atomic E-state index is 0.215. The van der Waals surface area contributed by atoms with Gasteiger partial charge in [0.2, 0.25) is 0 Å². The average molecular weight is 547 g/mol. The third-order valence-corrected chi connectivity index (χ3v) is 7.71. The largest absolute Gasteiger partial charge is 0.374 e. The predicted octanol–water partition coefficient (Wildman–Crippen LogP) is 8.24. The molecule has 0 saturated heterocycles. The van der Waals surface area contributed by atoms with E-state index in [0.717, 1.165) is 36.7 Å². The van der Waals surface area contributed by atoms with Gasteiger partial charge in [-0.2, -0.15) is 0 Å². The van der Waals surface area contributed by atoms with Crippen LogP contribution in [0.1, 0.15) is 88.2 Å². The van der Waals surface area contributed by atoms with Gasteiger partial charge in [-0.15, -0.1) is 0 Å². The Kier molecular flexibility index (Phi) is 17.0. The van der Waals surface area contributed by atoms with Crippen molar-refractivity contribution in [3.05, 3.63) is 71.8 Å². The van der Waals surface area contributed by atoms with Crippen LogP contribution >= 0.6 is 8.60 Å². The van der Waals surface area contributed by atoms with E-state index in [0.29, 0.717) is 25.7 Å². The molecule has 2 aromatic rings. The molecule has 0 aromatic heterocycles. The molecule has 5 nitrogen and oxygen atoms in total. The smallest absolute Gasteiger partial charge is 0.329 e. The lowest BCUT2D eigenvalue weighted by Gasteiger charge is -2.23. The zero-order chi connectivity index (χ0) is 27.5. The van der Waals surface area contributed by atoms with Crippen LogP contribution in [-0.4, -0.2) is 56.4 Å². The minimum Gasteiger partial charge on any atom is -0.374 e. The Morgan fingerprint density at radius 1 is 0.711 bits per heavy atom. The second kappa shape index (κ2) is 19.7. The van der Waals surface area contributed by atoms with E-state index in [4.69, 9.17) is 13.8 Å². The summed E-state index contributed by atoms with van der Waals surface area (Å²) in [5, 5.41) is 0. The lowest BCUT2D eigenvalue weighted by Crippen LogP contribution is -2.35. The Morgan fingerprint density at radius 2 is 1.26 bits per heavy atom. The maximum Gasteiger partial charge on any atom is 0.329 e. The average Bonchev–Trinajstić information content (AvgIpc) is 2.91. The van der Waals surface area contributed by atoms with Gasteiger partial charge >= 0.3 is 8.60 Å². The van der Waals surface area contributed by atoms with Crippen molar-refractivity contribution < 1.29 is 23.2 Å². The van der Waals surface area contributed by atoms with Crippen molar-refractivity contribution in [2.24, 2.45) is 0 Å². The first-order valence-electron chi connectivity index (χ1n) is 14.6. The number of ether oxygens (including phenoxy) is 1. The molecule has 0 fully saturated rings. The number of quaternary nitrogens is 1. The number of nitrogens with zero attached hydrogens (tertiary/aromatic N) is 1. The van der Waals surface area contributed by atoms with Crippen molar-refractivity contribution >= 4 is 8.60 Å². The summed E-state index contributed by atoms with van der Waals surface area (Å²) in [6.07, 6.45) is 11.6. The second-order valence-electron chi connectivity index (χ2n) is 11.5. The summed E-state index contributed by atoms with van der Waals surface area (Å²) < 4.78 is 18.2. The van der Waals surface area contributed by atoms with Gasteiger partial charge in [-0.05, 0) is 42.7 Å². The van der Waals surface area contributed by atoms with Gasteiger partial charge in [0.1, 0.15) is 0 Å². The zero-order valence-electron chi connectivity index (χ0n) is 24.4. The molecule has 6 heteroatoms. The van der Waals surface area contributed by atoms with Crippen molar-refractivity contribution in [1.82, 2.24) is 0 Å². The molecule has 3 unspecified atom stereocenters. The monoisotopic (exact) mass is 546 g/mol. The normalized spacial score (nSPS) is 14.3.